The highest BCUT2D eigenvalue weighted by molar-refractivity contribution is 7.92. The summed E-state index contributed by atoms with van der Waals surface area (Å²) < 4.78 is 34.4. The van der Waals surface area contributed by atoms with Crippen molar-refractivity contribution in [3.63, 3.8) is 0 Å². The molecule has 244 valence electrons. The molecule has 1 heterocycles. The Hall–Kier alpha value is -2.58. The number of rotatable bonds is 10. The lowest BCUT2D eigenvalue weighted by molar-refractivity contribution is -0.140. The lowest BCUT2D eigenvalue weighted by atomic mass is 9.67. The Labute approximate surface area is 266 Å². The summed E-state index contributed by atoms with van der Waals surface area (Å²) in [6, 6.07) is 16.8. The van der Waals surface area contributed by atoms with E-state index in [-0.39, 0.29) is 29.1 Å². The largest absolute Gasteiger partial charge is 0.497 e. The maximum absolute atomic E-state index is 13.8. The van der Waals surface area contributed by atoms with Crippen LogP contribution in [0.2, 0.25) is 0 Å². The minimum atomic E-state index is -2.07. The maximum Gasteiger partial charge on any atom is 0.228 e. The van der Waals surface area contributed by atoms with E-state index in [9.17, 15) is 9.00 Å². The molecule has 1 saturated heterocycles. The summed E-state index contributed by atoms with van der Waals surface area (Å²) in [6.45, 7) is 12.2. The normalized spacial score (nSPS) is 23.9. The van der Waals surface area contributed by atoms with Gasteiger partial charge in [-0.25, -0.2) is 4.36 Å². The van der Waals surface area contributed by atoms with Crippen LogP contribution in [0.25, 0.3) is 0 Å². The van der Waals surface area contributed by atoms with Gasteiger partial charge in [0.2, 0.25) is 5.91 Å². The number of hydrogen-bond acceptors (Lipinski definition) is 6. The van der Waals surface area contributed by atoms with Crippen molar-refractivity contribution in [2.75, 3.05) is 32.8 Å². The summed E-state index contributed by atoms with van der Waals surface area (Å²) in [5.74, 6) is 1.85. The van der Waals surface area contributed by atoms with E-state index >= 15 is 0 Å². The molecule has 1 amide bonds. The van der Waals surface area contributed by atoms with Crippen LogP contribution in [0.4, 0.5) is 0 Å². The molecule has 0 radical (unpaired) electrons. The Bertz CT molecular complexity index is 1360. The molecular formula is C36H54N2O5S. The Balaban J connectivity index is 1.46. The first-order valence-electron chi connectivity index (χ1n) is 16.1. The third-order valence-corrected chi connectivity index (χ3v) is 9.78. The Morgan fingerprint density at radius 2 is 1.61 bits per heavy atom. The lowest BCUT2D eigenvalue weighted by Gasteiger charge is -2.46. The molecule has 2 aliphatic rings. The third kappa shape index (κ3) is 9.46. The highest BCUT2D eigenvalue weighted by Crippen LogP contribution is 2.45. The standard InChI is InChI=1S/C36H54N2O5S/c1-34(2,3)33(39)38(23-21-36(22-24-42-35(4,5)26-36)28-11-17-30(41-6)18-12-28)25-27-9-15-31(16-10-27)43-32-19-13-29(14-20-32)37-44(7,8)40/h9-12,15-18,29,32H,13-14,19-26H2,1-8H3. The van der Waals surface area contributed by atoms with Crippen LogP contribution in [-0.4, -0.2) is 65.5 Å². The first kappa shape index (κ1) is 34.3. The molecule has 2 aromatic carbocycles. The van der Waals surface area contributed by atoms with Crippen molar-refractivity contribution in [3.8, 4) is 11.5 Å². The summed E-state index contributed by atoms with van der Waals surface area (Å²) in [5.41, 5.74) is 1.54. The number of hydrogen-bond donors (Lipinski definition) is 0. The van der Waals surface area contributed by atoms with Gasteiger partial charge >= 0.3 is 0 Å². The molecular weight excluding hydrogens is 572 g/mol. The minimum Gasteiger partial charge on any atom is -0.497 e. The second kappa shape index (κ2) is 13.8. The molecule has 7 nitrogen and oxygen atoms in total. The maximum atomic E-state index is 13.8. The van der Waals surface area contributed by atoms with Crippen molar-refractivity contribution in [2.24, 2.45) is 9.78 Å². The molecule has 8 heteroatoms. The van der Waals surface area contributed by atoms with Crippen molar-refractivity contribution in [1.29, 1.82) is 0 Å². The molecule has 2 aromatic rings. The van der Waals surface area contributed by atoms with Crippen LogP contribution >= 0.6 is 0 Å². The van der Waals surface area contributed by atoms with E-state index in [1.165, 1.54) is 5.56 Å². The van der Waals surface area contributed by atoms with Crippen LogP contribution in [0.3, 0.4) is 0 Å². The summed E-state index contributed by atoms with van der Waals surface area (Å²) in [5, 5.41) is 0. The minimum absolute atomic E-state index is 0.0980. The third-order valence-electron chi connectivity index (χ3n) is 8.98. The fourth-order valence-corrected chi connectivity index (χ4v) is 7.74. The molecule has 1 saturated carbocycles. The van der Waals surface area contributed by atoms with Crippen molar-refractivity contribution < 1.29 is 23.2 Å². The first-order chi connectivity index (χ1) is 20.6. The van der Waals surface area contributed by atoms with E-state index in [2.05, 4.69) is 42.5 Å². The number of carbonyl (C=O) groups is 1. The smallest absolute Gasteiger partial charge is 0.228 e. The van der Waals surface area contributed by atoms with Crippen molar-refractivity contribution in [2.45, 2.75) is 109 Å². The molecule has 2 fully saturated rings. The molecule has 0 aromatic heterocycles. The molecule has 1 aliphatic heterocycles. The number of benzene rings is 2. The van der Waals surface area contributed by atoms with Gasteiger partial charge in [-0.15, -0.1) is 0 Å². The predicted octanol–water partition coefficient (Wildman–Crippen LogP) is 7.40. The molecule has 0 bridgehead atoms. The van der Waals surface area contributed by atoms with E-state index < -0.39 is 15.1 Å². The van der Waals surface area contributed by atoms with Crippen LogP contribution < -0.4 is 9.47 Å². The lowest BCUT2D eigenvalue weighted by Crippen LogP contribution is -2.47. The predicted molar refractivity (Wildman–Crippen MR) is 179 cm³/mol. The number of amides is 1. The summed E-state index contributed by atoms with van der Waals surface area (Å²) in [4.78, 5) is 15.8. The van der Waals surface area contributed by atoms with Crippen LogP contribution in [0.15, 0.2) is 52.9 Å². The van der Waals surface area contributed by atoms with Crippen LogP contribution in [0, 0.1) is 5.41 Å². The van der Waals surface area contributed by atoms with E-state index in [0.717, 1.165) is 62.0 Å². The monoisotopic (exact) mass is 626 g/mol. The number of methoxy groups -OCH3 is 1. The van der Waals surface area contributed by atoms with E-state index in [1.807, 2.05) is 49.9 Å². The van der Waals surface area contributed by atoms with Crippen LogP contribution in [-0.2, 0) is 31.2 Å². The molecule has 44 heavy (non-hydrogen) atoms. The SMILES string of the molecule is COc1ccc(C2(CCN(Cc3ccc(OC4CCC(N=S(C)(C)=O)CC4)cc3)C(=O)C(C)(C)C)CCOC(C)(C)C2)cc1. The number of carbonyl (C=O) groups excluding carboxylic acids is 1. The second-order valence-electron chi connectivity index (χ2n) is 14.7. The zero-order valence-corrected chi connectivity index (χ0v) is 29.0. The van der Waals surface area contributed by atoms with Crippen molar-refractivity contribution >= 4 is 15.6 Å². The Morgan fingerprint density at radius 3 is 2.16 bits per heavy atom. The molecule has 1 atom stereocenters. The zero-order valence-electron chi connectivity index (χ0n) is 28.2. The number of nitrogens with zero attached hydrogens (tertiary/aromatic N) is 2. The van der Waals surface area contributed by atoms with Gasteiger partial charge in [0.15, 0.2) is 0 Å². The van der Waals surface area contributed by atoms with Gasteiger partial charge in [0.1, 0.15) is 11.5 Å². The Kier molecular flexibility index (Phi) is 10.8. The Morgan fingerprint density at radius 1 is 1.00 bits per heavy atom. The topological polar surface area (TPSA) is 77.4 Å². The quantitative estimate of drug-likeness (QED) is 0.275. The van der Waals surface area contributed by atoms with E-state index in [1.54, 1.807) is 19.6 Å². The molecule has 0 N–H and O–H groups in total. The fourth-order valence-electron chi connectivity index (χ4n) is 6.82. The zero-order chi connectivity index (χ0) is 32.2. The van der Waals surface area contributed by atoms with Gasteiger partial charge in [-0.3, -0.25) is 9.00 Å². The average Bonchev–Trinajstić information content (AvgIpc) is 2.95. The summed E-state index contributed by atoms with van der Waals surface area (Å²) in [7, 11) is -0.379. The number of ether oxygens (including phenoxy) is 3. The summed E-state index contributed by atoms with van der Waals surface area (Å²) >= 11 is 0. The summed E-state index contributed by atoms with van der Waals surface area (Å²) in [6.07, 6.45) is 9.87. The second-order valence-corrected chi connectivity index (χ2v) is 17.3. The van der Waals surface area contributed by atoms with Gasteiger partial charge in [-0.05, 0) is 94.2 Å². The molecule has 1 unspecified atom stereocenters. The highest BCUT2D eigenvalue weighted by atomic mass is 32.2. The molecule has 1 aliphatic carbocycles. The van der Waals surface area contributed by atoms with Crippen LogP contribution in [0.5, 0.6) is 11.5 Å². The van der Waals surface area contributed by atoms with Gasteiger partial charge in [-0.2, -0.15) is 0 Å². The average molecular weight is 627 g/mol. The van der Waals surface area contributed by atoms with Gasteiger partial charge in [0.05, 0.1) is 24.9 Å². The highest BCUT2D eigenvalue weighted by Gasteiger charge is 2.42. The first-order valence-corrected chi connectivity index (χ1v) is 18.4. The van der Waals surface area contributed by atoms with Crippen LogP contribution in [0.1, 0.15) is 90.7 Å². The van der Waals surface area contributed by atoms with E-state index in [0.29, 0.717) is 19.7 Å². The van der Waals surface area contributed by atoms with Gasteiger partial charge in [0, 0.05) is 52.8 Å². The fraction of sp³-hybridized carbons (Fsp3) is 0.639. The van der Waals surface area contributed by atoms with Gasteiger partial charge in [-0.1, -0.05) is 45.0 Å². The van der Waals surface area contributed by atoms with Gasteiger partial charge in [0.25, 0.3) is 0 Å². The van der Waals surface area contributed by atoms with Crippen molar-refractivity contribution in [1.82, 2.24) is 4.90 Å². The molecule has 4 rings (SSSR count). The molecule has 0 spiro atoms. The van der Waals surface area contributed by atoms with Gasteiger partial charge < -0.3 is 19.1 Å². The van der Waals surface area contributed by atoms with E-state index in [4.69, 9.17) is 14.2 Å². The van der Waals surface area contributed by atoms with Crippen molar-refractivity contribution in [3.05, 3.63) is 59.7 Å².